The van der Waals surface area contributed by atoms with Crippen LogP contribution in [0.15, 0.2) is 18.2 Å². The number of nitrogens with two attached hydrogens (primary N) is 1. The summed E-state index contributed by atoms with van der Waals surface area (Å²) in [6.45, 7) is 0. The molecule has 1 amide bonds. The number of benzene rings is 1. The Balaban J connectivity index is 3.10. The standard InChI is InChI=1S/C11H12ClNO5/c12-5-1-2-6(11(17)18)7(3-5)10(16)8(14)4-9(13)15/h1-3,8,10,14,16H,4H2,(H2,13,15)(H,17,18). The Morgan fingerprint density at radius 1 is 1.33 bits per heavy atom. The molecule has 6 nitrogen and oxygen atoms in total. The van der Waals surface area contributed by atoms with Gasteiger partial charge >= 0.3 is 5.97 Å². The minimum atomic E-state index is -1.55. The molecule has 0 heterocycles. The van der Waals surface area contributed by atoms with Crippen LogP contribution in [0.3, 0.4) is 0 Å². The molecule has 0 bridgehead atoms. The molecule has 1 rings (SSSR count). The number of aromatic carboxylic acids is 1. The lowest BCUT2D eigenvalue weighted by Crippen LogP contribution is -2.26. The summed E-state index contributed by atoms with van der Waals surface area (Å²) in [5.74, 6) is -2.08. The third kappa shape index (κ3) is 3.43. The molecule has 18 heavy (non-hydrogen) atoms. The number of carboxylic acid groups (broad SMARTS) is 1. The van der Waals surface area contributed by atoms with Gasteiger partial charge in [-0.25, -0.2) is 4.79 Å². The van der Waals surface area contributed by atoms with Crippen molar-refractivity contribution in [2.24, 2.45) is 5.73 Å². The molecule has 98 valence electrons. The first-order valence-corrected chi connectivity index (χ1v) is 5.38. The Kier molecular flexibility index (Phi) is 4.66. The average molecular weight is 274 g/mol. The summed E-state index contributed by atoms with van der Waals surface area (Å²) in [5, 5.41) is 28.5. The van der Waals surface area contributed by atoms with Crippen LogP contribution in [-0.2, 0) is 4.79 Å². The number of carbonyl (C=O) groups excluding carboxylic acids is 1. The fourth-order valence-corrected chi connectivity index (χ4v) is 1.68. The predicted octanol–water partition coefficient (Wildman–Crippen LogP) is 0.308. The van der Waals surface area contributed by atoms with Gasteiger partial charge in [-0.1, -0.05) is 11.6 Å². The normalized spacial score (nSPS) is 13.9. The van der Waals surface area contributed by atoms with Crippen molar-refractivity contribution in [3.8, 4) is 0 Å². The molecule has 0 spiro atoms. The van der Waals surface area contributed by atoms with Crippen LogP contribution in [0.1, 0.15) is 28.4 Å². The second-order valence-electron chi connectivity index (χ2n) is 3.72. The molecule has 1 aromatic carbocycles. The Bertz CT molecular complexity index is 477. The highest BCUT2D eigenvalue weighted by atomic mass is 35.5. The van der Waals surface area contributed by atoms with Gasteiger partial charge in [-0.05, 0) is 23.8 Å². The van der Waals surface area contributed by atoms with Gasteiger partial charge in [0.1, 0.15) is 6.10 Å². The molecule has 0 saturated heterocycles. The van der Waals surface area contributed by atoms with Crippen molar-refractivity contribution in [2.75, 3.05) is 0 Å². The number of hydrogen-bond acceptors (Lipinski definition) is 4. The van der Waals surface area contributed by atoms with E-state index in [1.165, 1.54) is 18.2 Å². The Labute approximate surface area is 108 Å². The molecule has 5 N–H and O–H groups in total. The van der Waals surface area contributed by atoms with Gasteiger partial charge in [-0.15, -0.1) is 0 Å². The molecule has 0 aliphatic carbocycles. The van der Waals surface area contributed by atoms with Gasteiger partial charge in [0.05, 0.1) is 18.1 Å². The van der Waals surface area contributed by atoms with Gasteiger partial charge < -0.3 is 21.1 Å². The van der Waals surface area contributed by atoms with E-state index >= 15 is 0 Å². The van der Waals surface area contributed by atoms with Crippen molar-refractivity contribution in [3.05, 3.63) is 34.3 Å². The second-order valence-corrected chi connectivity index (χ2v) is 4.16. The van der Waals surface area contributed by atoms with Crippen LogP contribution in [0, 0.1) is 0 Å². The molecule has 0 aromatic heterocycles. The van der Waals surface area contributed by atoms with Gasteiger partial charge in [0.25, 0.3) is 0 Å². The zero-order valence-electron chi connectivity index (χ0n) is 9.21. The third-order valence-electron chi connectivity index (χ3n) is 2.34. The maximum atomic E-state index is 11.0. The number of rotatable bonds is 5. The molecule has 1 aromatic rings. The van der Waals surface area contributed by atoms with Crippen LogP contribution in [0.5, 0.6) is 0 Å². The highest BCUT2D eigenvalue weighted by Gasteiger charge is 2.25. The smallest absolute Gasteiger partial charge is 0.336 e. The molecular formula is C11H12ClNO5. The zero-order valence-corrected chi connectivity index (χ0v) is 9.96. The number of primary amides is 1. The van der Waals surface area contributed by atoms with E-state index < -0.39 is 30.5 Å². The van der Waals surface area contributed by atoms with Crippen molar-refractivity contribution >= 4 is 23.5 Å². The van der Waals surface area contributed by atoms with Crippen LogP contribution in [0.2, 0.25) is 5.02 Å². The lowest BCUT2D eigenvalue weighted by molar-refractivity contribution is -0.121. The maximum Gasteiger partial charge on any atom is 0.336 e. The van der Waals surface area contributed by atoms with E-state index in [4.69, 9.17) is 22.4 Å². The SMILES string of the molecule is NC(=O)CC(O)C(O)c1cc(Cl)ccc1C(=O)O. The summed E-state index contributed by atoms with van der Waals surface area (Å²) in [6.07, 6.45) is -3.52. The monoisotopic (exact) mass is 273 g/mol. The van der Waals surface area contributed by atoms with Crippen molar-refractivity contribution in [1.82, 2.24) is 0 Å². The van der Waals surface area contributed by atoms with Crippen LogP contribution in [-0.4, -0.2) is 33.3 Å². The summed E-state index contributed by atoms with van der Waals surface area (Å²) >= 11 is 5.70. The average Bonchev–Trinajstić information content (AvgIpc) is 2.26. The Hall–Kier alpha value is -1.63. The molecule has 2 atom stereocenters. The summed E-state index contributed by atoms with van der Waals surface area (Å²) < 4.78 is 0. The van der Waals surface area contributed by atoms with E-state index in [-0.39, 0.29) is 16.1 Å². The third-order valence-corrected chi connectivity index (χ3v) is 2.57. The number of carboxylic acids is 1. The number of aliphatic hydroxyl groups excluding tert-OH is 2. The van der Waals surface area contributed by atoms with Crippen molar-refractivity contribution < 1.29 is 24.9 Å². The highest BCUT2D eigenvalue weighted by molar-refractivity contribution is 6.30. The Morgan fingerprint density at radius 2 is 1.94 bits per heavy atom. The van der Waals surface area contributed by atoms with E-state index in [0.717, 1.165) is 0 Å². The molecule has 2 unspecified atom stereocenters. The van der Waals surface area contributed by atoms with Gasteiger partial charge in [0.15, 0.2) is 0 Å². The lowest BCUT2D eigenvalue weighted by Gasteiger charge is -2.18. The zero-order chi connectivity index (χ0) is 13.9. The maximum absolute atomic E-state index is 11.0. The van der Waals surface area contributed by atoms with Gasteiger partial charge in [0.2, 0.25) is 5.91 Å². The van der Waals surface area contributed by atoms with Crippen LogP contribution < -0.4 is 5.73 Å². The minimum Gasteiger partial charge on any atom is -0.478 e. The molecule has 0 fully saturated rings. The van der Waals surface area contributed by atoms with E-state index in [1.807, 2.05) is 0 Å². The van der Waals surface area contributed by atoms with Gasteiger partial charge in [0, 0.05) is 5.02 Å². The van der Waals surface area contributed by atoms with Crippen molar-refractivity contribution in [2.45, 2.75) is 18.6 Å². The summed E-state index contributed by atoms with van der Waals surface area (Å²) in [7, 11) is 0. The largest absolute Gasteiger partial charge is 0.478 e. The fourth-order valence-electron chi connectivity index (χ4n) is 1.50. The number of hydrogen-bond donors (Lipinski definition) is 4. The number of amides is 1. The molecule has 0 radical (unpaired) electrons. The van der Waals surface area contributed by atoms with Gasteiger partial charge in [-0.2, -0.15) is 0 Å². The van der Waals surface area contributed by atoms with Crippen LogP contribution >= 0.6 is 11.6 Å². The molecule has 7 heteroatoms. The van der Waals surface area contributed by atoms with E-state index in [2.05, 4.69) is 0 Å². The highest BCUT2D eigenvalue weighted by Crippen LogP contribution is 2.26. The van der Waals surface area contributed by atoms with Crippen LogP contribution in [0.25, 0.3) is 0 Å². The van der Waals surface area contributed by atoms with E-state index in [0.29, 0.717) is 0 Å². The lowest BCUT2D eigenvalue weighted by atomic mass is 9.97. The summed E-state index contributed by atoms with van der Waals surface area (Å²) in [5.41, 5.74) is 4.62. The molecule has 0 aliphatic heterocycles. The van der Waals surface area contributed by atoms with Crippen LogP contribution in [0.4, 0.5) is 0 Å². The first-order chi connectivity index (χ1) is 8.32. The molecule has 0 saturated carbocycles. The fraction of sp³-hybridized carbons (Fsp3) is 0.273. The van der Waals surface area contributed by atoms with Crippen molar-refractivity contribution in [3.63, 3.8) is 0 Å². The number of halogens is 1. The minimum absolute atomic E-state index is 0.0660. The topological polar surface area (TPSA) is 121 Å². The molecule has 0 aliphatic rings. The summed E-state index contributed by atoms with van der Waals surface area (Å²) in [4.78, 5) is 21.6. The predicted molar refractivity (Wildman–Crippen MR) is 63.2 cm³/mol. The first kappa shape index (κ1) is 14.4. The van der Waals surface area contributed by atoms with E-state index in [1.54, 1.807) is 0 Å². The Morgan fingerprint density at radius 3 is 2.44 bits per heavy atom. The second kappa shape index (κ2) is 5.81. The molecular weight excluding hydrogens is 262 g/mol. The van der Waals surface area contributed by atoms with Crippen molar-refractivity contribution in [1.29, 1.82) is 0 Å². The van der Waals surface area contributed by atoms with Gasteiger partial charge in [-0.3, -0.25) is 4.79 Å². The first-order valence-electron chi connectivity index (χ1n) is 5.00. The van der Waals surface area contributed by atoms with E-state index in [9.17, 15) is 19.8 Å². The quantitative estimate of drug-likeness (QED) is 0.615. The number of aliphatic hydroxyl groups is 2. The number of carbonyl (C=O) groups is 2. The summed E-state index contributed by atoms with van der Waals surface area (Å²) in [6, 6.07) is 3.78.